The van der Waals surface area contributed by atoms with E-state index < -0.39 is 0 Å². The van der Waals surface area contributed by atoms with Gasteiger partial charge in [0.25, 0.3) is 0 Å². The summed E-state index contributed by atoms with van der Waals surface area (Å²) in [5.41, 5.74) is 8.24. The van der Waals surface area contributed by atoms with E-state index >= 15 is 0 Å². The summed E-state index contributed by atoms with van der Waals surface area (Å²) in [6, 6.07) is 9.28. The molecule has 0 aromatic heterocycles. The summed E-state index contributed by atoms with van der Waals surface area (Å²) in [4.78, 5) is 0. The van der Waals surface area contributed by atoms with Crippen LogP contribution in [0, 0.1) is 6.04 Å². The van der Waals surface area contributed by atoms with Crippen LogP contribution in [0.2, 0.25) is 0 Å². The number of hydrogen-bond donors (Lipinski definition) is 1. The van der Waals surface area contributed by atoms with E-state index in [4.69, 9.17) is 5.73 Å². The molecule has 0 saturated carbocycles. The van der Waals surface area contributed by atoms with Gasteiger partial charge >= 0.3 is 0 Å². The SMILES string of the molecule is N[C]1Cc2ccccc21. The van der Waals surface area contributed by atoms with Crippen molar-refractivity contribution in [3.63, 3.8) is 0 Å². The van der Waals surface area contributed by atoms with Crippen molar-refractivity contribution in [1.29, 1.82) is 0 Å². The minimum atomic E-state index is 0.982. The predicted octanol–water partition coefficient (Wildman–Crippen LogP) is 1.08. The second-order valence-electron chi connectivity index (χ2n) is 2.36. The molecule has 1 aromatic rings. The highest BCUT2D eigenvalue weighted by atomic mass is 14.7. The maximum Gasteiger partial charge on any atom is 0.0681 e. The van der Waals surface area contributed by atoms with Gasteiger partial charge in [-0.05, 0) is 17.5 Å². The van der Waals surface area contributed by atoms with Gasteiger partial charge < -0.3 is 5.73 Å². The molecule has 1 aliphatic carbocycles. The number of nitrogens with two attached hydrogens (primary N) is 1. The number of rotatable bonds is 0. The Labute approximate surface area is 54.5 Å². The summed E-state index contributed by atoms with van der Waals surface area (Å²) < 4.78 is 0. The van der Waals surface area contributed by atoms with E-state index in [1.165, 1.54) is 11.1 Å². The quantitative estimate of drug-likeness (QED) is 0.542. The molecular formula is C8H8N. The van der Waals surface area contributed by atoms with Gasteiger partial charge in [0.1, 0.15) is 0 Å². The Morgan fingerprint density at radius 3 is 2.56 bits per heavy atom. The molecule has 1 aliphatic rings. The van der Waals surface area contributed by atoms with Crippen molar-refractivity contribution in [2.45, 2.75) is 6.42 Å². The van der Waals surface area contributed by atoms with Gasteiger partial charge in [0, 0.05) is 0 Å². The average Bonchev–Trinajstić information content (AvgIpc) is 1.86. The van der Waals surface area contributed by atoms with E-state index in [1.54, 1.807) is 0 Å². The molecule has 9 heavy (non-hydrogen) atoms. The maximum atomic E-state index is 5.61. The van der Waals surface area contributed by atoms with Gasteiger partial charge in [0.2, 0.25) is 0 Å². The third kappa shape index (κ3) is 0.583. The van der Waals surface area contributed by atoms with E-state index in [0.717, 1.165) is 12.5 Å². The van der Waals surface area contributed by atoms with Gasteiger partial charge in [-0.15, -0.1) is 0 Å². The molecule has 2 N–H and O–H groups in total. The van der Waals surface area contributed by atoms with Crippen LogP contribution < -0.4 is 5.73 Å². The Bertz CT molecular complexity index is 230. The Hall–Kier alpha value is -0.820. The minimum absolute atomic E-state index is 0.982. The second kappa shape index (κ2) is 1.58. The van der Waals surface area contributed by atoms with Gasteiger partial charge in [-0.25, -0.2) is 0 Å². The number of benzene rings is 1. The molecule has 0 spiro atoms. The van der Waals surface area contributed by atoms with Crippen molar-refractivity contribution < 1.29 is 0 Å². The van der Waals surface area contributed by atoms with Crippen molar-refractivity contribution in [1.82, 2.24) is 0 Å². The van der Waals surface area contributed by atoms with Crippen LogP contribution >= 0.6 is 0 Å². The van der Waals surface area contributed by atoms with Crippen molar-refractivity contribution in [2.75, 3.05) is 0 Å². The molecule has 1 aromatic carbocycles. The van der Waals surface area contributed by atoms with Crippen LogP contribution in [0.1, 0.15) is 11.1 Å². The molecule has 0 atom stereocenters. The minimum Gasteiger partial charge on any atom is -0.319 e. The highest BCUT2D eigenvalue weighted by molar-refractivity contribution is 5.48. The Kier molecular flexibility index (Phi) is 0.878. The van der Waals surface area contributed by atoms with Crippen LogP contribution in [0.5, 0.6) is 0 Å². The van der Waals surface area contributed by atoms with Gasteiger partial charge in [0.05, 0.1) is 6.04 Å². The van der Waals surface area contributed by atoms with E-state index in [0.29, 0.717) is 0 Å². The van der Waals surface area contributed by atoms with Crippen molar-refractivity contribution >= 4 is 0 Å². The molecule has 0 aliphatic heterocycles. The van der Waals surface area contributed by atoms with Crippen LogP contribution in [0.4, 0.5) is 0 Å². The molecule has 1 heteroatoms. The summed E-state index contributed by atoms with van der Waals surface area (Å²) in [6.45, 7) is 0. The Morgan fingerprint density at radius 2 is 2.00 bits per heavy atom. The molecule has 0 bridgehead atoms. The van der Waals surface area contributed by atoms with Gasteiger partial charge in [0.15, 0.2) is 0 Å². The van der Waals surface area contributed by atoms with Crippen LogP contribution in [0.3, 0.4) is 0 Å². The molecule has 45 valence electrons. The molecule has 0 unspecified atom stereocenters. The zero-order valence-electron chi connectivity index (χ0n) is 5.09. The molecule has 1 nitrogen and oxygen atoms in total. The third-order valence-electron chi connectivity index (χ3n) is 1.74. The first kappa shape index (κ1) is 5.00. The smallest absolute Gasteiger partial charge is 0.0681 e. The number of fused-ring (bicyclic) bond motifs is 1. The fraction of sp³-hybridized carbons (Fsp3) is 0.125. The van der Waals surface area contributed by atoms with Gasteiger partial charge in [-0.3, -0.25) is 0 Å². The van der Waals surface area contributed by atoms with Crippen LogP contribution in [-0.2, 0) is 6.42 Å². The van der Waals surface area contributed by atoms with E-state index in [-0.39, 0.29) is 0 Å². The topological polar surface area (TPSA) is 26.0 Å². The molecule has 0 amide bonds. The Balaban J connectivity index is 2.51. The Morgan fingerprint density at radius 1 is 1.22 bits per heavy atom. The first-order valence-corrected chi connectivity index (χ1v) is 3.07. The third-order valence-corrected chi connectivity index (χ3v) is 1.74. The first-order valence-electron chi connectivity index (χ1n) is 3.07. The van der Waals surface area contributed by atoms with Crippen LogP contribution in [-0.4, -0.2) is 0 Å². The highest BCUT2D eigenvalue weighted by Gasteiger charge is 2.21. The summed E-state index contributed by atoms with van der Waals surface area (Å²) in [5.74, 6) is 0. The molecule has 1 radical (unpaired) electrons. The lowest BCUT2D eigenvalue weighted by Gasteiger charge is -2.24. The number of hydrogen-bond acceptors (Lipinski definition) is 1. The van der Waals surface area contributed by atoms with E-state index in [1.807, 2.05) is 12.1 Å². The summed E-state index contributed by atoms with van der Waals surface area (Å²) in [5, 5.41) is 0. The largest absolute Gasteiger partial charge is 0.319 e. The monoisotopic (exact) mass is 118 g/mol. The van der Waals surface area contributed by atoms with Crippen LogP contribution in [0.25, 0.3) is 0 Å². The lowest BCUT2D eigenvalue weighted by Crippen LogP contribution is -2.25. The van der Waals surface area contributed by atoms with Gasteiger partial charge in [-0.1, -0.05) is 24.3 Å². The maximum absolute atomic E-state index is 5.61. The fourth-order valence-corrected chi connectivity index (χ4v) is 1.18. The standard InChI is InChI=1S/C8H8N/c9-8-5-6-3-1-2-4-7(6)8/h1-4H,5,9H2. The molecule has 0 heterocycles. The molecular weight excluding hydrogens is 110 g/mol. The fourth-order valence-electron chi connectivity index (χ4n) is 1.18. The van der Waals surface area contributed by atoms with Crippen molar-refractivity contribution in [3.8, 4) is 0 Å². The van der Waals surface area contributed by atoms with Crippen molar-refractivity contribution in [2.24, 2.45) is 5.73 Å². The van der Waals surface area contributed by atoms with Gasteiger partial charge in [-0.2, -0.15) is 0 Å². The summed E-state index contributed by atoms with van der Waals surface area (Å²) in [6.07, 6.45) is 0.982. The van der Waals surface area contributed by atoms with Crippen LogP contribution in [0.15, 0.2) is 24.3 Å². The van der Waals surface area contributed by atoms with E-state index in [9.17, 15) is 0 Å². The van der Waals surface area contributed by atoms with E-state index in [2.05, 4.69) is 12.1 Å². The molecule has 2 rings (SSSR count). The molecule has 0 saturated heterocycles. The predicted molar refractivity (Wildman–Crippen MR) is 36.7 cm³/mol. The zero-order valence-corrected chi connectivity index (χ0v) is 5.09. The normalized spacial score (nSPS) is 16.6. The lowest BCUT2D eigenvalue weighted by molar-refractivity contribution is 0.855. The second-order valence-corrected chi connectivity index (χ2v) is 2.36. The average molecular weight is 118 g/mol. The summed E-state index contributed by atoms with van der Waals surface area (Å²) in [7, 11) is 0. The summed E-state index contributed by atoms with van der Waals surface area (Å²) >= 11 is 0. The molecule has 0 fully saturated rings. The zero-order chi connectivity index (χ0) is 6.27. The highest BCUT2D eigenvalue weighted by Crippen LogP contribution is 2.28. The lowest BCUT2D eigenvalue weighted by atomic mass is 9.84. The van der Waals surface area contributed by atoms with Crippen molar-refractivity contribution in [3.05, 3.63) is 41.4 Å². The first-order chi connectivity index (χ1) is 4.38.